The van der Waals surface area contributed by atoms with Crippen molar-refractivity contribution < 1.29 is 4.79 Å². The minimum absolute atomic E-state index is 0.297. The van der Waals surface area contributed by atoms with Gasteiger partial charge in [0.05, 0.1) is 0 Å². The maximum absolute atomic E-state index is 12.0. The molecular formula is C15H15N5O. The lowest BCUT2D eigenvalue weighted by Crippen LogP contribution is -2.19. The van der Waals surface area contributed by atoms with Gasteiger partial charge in [-0.3, -0.25) is 10.4 Å². The van der Waals surface area contributed by atoms with Crippen molar-refractivity contribution in [3.8, 4) is 0 Å². The van der Waals surface area contributed by atoms with Gasteiger partial charge in [-0.05, 0) is 36.4 Å². The molecular weight excluding hydrogens is 266 g/mol. The lowest BCUT2D eigenvalue weighted by Gasteiger charge is -2.05. The molecule has 1 fully saturated rings. The first-order valence-electron chi connectivity index (χ1n) is 6.98. The number of fused-ring (bicyclic) bond motifs is 1. The Hall–Kier alpha value is -2.76. The number of anilines is 2. The van der Waals surface area contributed by atoms with Gasteiger partial charge < -0.3 is 10.3 Å². The minimum atomic E-state index is -0.297. The van der Waals surface area contributed by atoms with Crippen molar-refractivity contribution in [1.82, 2.24) is 15.2 Å². The van der Waals surface area contributed by atoms with E-state index in [1.165, 1.54) is 12.8 Å². The number of benzene rings is 1. The second-order valence-electron chi connectivity index (χ2n) is 5.34. The van der Waals surface area contributed by atoms with Crippen molar-refractivity contribution in [2.45, 2.75) is 18.8 Å². The zero-order valence-corrected chi connectivity index (χ0v) is 11.3. The molecule has 2 amide bonds. The maximum atomic E-state index is 12.0. The Morgan fingerprint density at radius 3 is 2.95 bits per heavy atom. The van der Waals surface area contributed by atoms with Gasteiger partial charge in [-0.2, -0.15) is 5.10 Å². The summed E-state index contributed by atoms with van der Waals surface area (Å²) < 4.78 is 0. The summed E-state index contributed by atoms with van der Waals surface area (Å²) in [6.07, 6.45) is 4.27. The third-order valence-corrected chi connectivity index (χ3v) is 3.67. The molecule has 1 saturated carbocycles. The Morgan fingerprint density at radius 2 is 2.10 bits per heavy atom. The summed E-state index contributed by atoms with van der Waals surface area (Å²) in [6.45, 7) is 0. The van der Waals surface area contributed by atoms with Gasteiger partial charge in [0.1, 0.15) is 0 Å². The van der Waals surface area contributed by atoms with Gasteiger partial charge in [0, 0.05) is 35.1 Å². The standard InChI is InChI=1S/C15H15N5O/c21-15(18-14-8-13(19-20-14)9-1-2-9)17-11-4-3-10-5-6-16-12(10)7-11/h3-9,16H,1-2H2,(H3,17,18,19,20,21). The normalized spacial score (nSPS) is 14.3. The smallest absolute Gasteiger partial charge is 0.324 e. The van der Waals surface area contributed by atoms with E-state index < -0.39 is 0 Å². The van der Waals surface area contributed by atoms with Gasteiger partial charge in [0.2, 0.25) is 0 Å². The Labute approximate surface area is 120 Å². The van der Waals surface area contributed by atoms with Crippen molar-refractivity contribution in [2.24, 2.45) is 0 Å². The zero-order valence-electron chi connectivity index (χ0n) is 11.3. The van der Waals surface area contributed by atoms with E-state index in [-0.39, 0.29) is 6.03 Å². The molecule has 0 aliphatic heterocycles. The largest absolute Gasteiger partial charge is 0.361 e. The lowest BCUT2D eigenvalue weighted by atomic mass is 10.2. The van der Waals surface area contributed by atoms with Gasteiger partial charge in [-0.1, -0.05) is 6.07 Å². The highest BCUT2D eigenvalue weighted by molar-refractivity contribution is 6.00. The number of aromatic amines is 2. The van der Waals surface area contributed by atoms with Crippen LogP contribution in [-0.2, 0) is 0 Å². The second kappa shape index (κ2) is 4.66. The van der Waals surface area contributed by atoms with E-state index in [9.17, 15) is 4.79 Å². The predicted molar refractivity (Wildman–Crippen MR) is 81.5 cm³/mol. The van der Waals surface area contributed by atoms with Crippen LogP contribution in [0.5, 0.6) is 0 Å². The van der Waals surface area contributed by atoms with Crippen LogP contribution in [0.4, 0.5) is 16.3 Å². The highest BCUT2D eigenvalue weighted by Gasteiger charge is 2.25. The molecule has 4 rings (SSSR count). The summed E-state index contributed by atoms with van der Waals surface area (Å²) >= 11 is 0. The molecule has 21 heavy (non-hydrogen) atoms. The molecule has 2 heterocycles. The van der Waals surface area contributed by atoms with Crippen LogP contribution in [-0.4, -0.2) is 21.2 Å². The molecule has 4 N–H and O–H groups in total. The summed E-state index contributed by atoms with van der Waals surface area (Å²) in [6, 6.07) is 9.31. The van der Waals surface area contributed by atoms with Crippen LogP contribution in [0, 0.1) is 0 Å². The SMILES string of the molecule is O=C(Nc1ccc2cc[nH]c2c1)Nc1cc(C2CC2)[nH]n1. The average Bonchev–Trinajstić information content (AvgIpc) is 3.04. The van der Waals surface area contributed by atoms with Crippen LogP contribution in [0.15, 0.2) is 36.5 Å². The first-order chi connectivity index (χ1) is 10.3. The predicted octanol–water partition coefficient (Wildman–Crippen LogP) is 3.41. The molecule has 0 radical (unpaired) electrons. The fourth-order valence-corrected chi connectivity index (χ4v) is 2.41. The molecule has 0 spiro atoms. The van der Waals surface area contributed by atoms with Crippen LogP contribution in [0.2, 0.25) is 0 Å². The van der Waals surface area contributed by atoms with Crippen molar-refractivity contribution >= 4 is 28.4 Å². The first kappa shape index (κ1) is 12.0. The molecule has 6 heteroatoms. The van der Waals surface area contributed by atoms with Gasteiger partial charge in [-0.25, -0.2) is 4.79 Å². The van der Waals surface area contributed by atoms with Gasteiger partial charge in [0.15, 0.2) is 5.82 Å². The van der Waals surface area contributed by atoms with Crippen molar-refractivity contribution in [3.63, 3.8) is 0 Å². The van der Waals surface area contributed by atoms with E-state index in [0.29, 0.717) is 11.7 Å². The van der Waals surface area contributed by atoms with E-state index in [2.05, 4.69) is 25.8 Å². The molecule has 0 unspecified atom stereocenters. The number of H-pyrrole nitrogens is 2. The summed E-state index contributed by atoms with van der Waals surface area (Å²) in [7, 11) is 0. The molecule has 0 saturated heterocycles. The Morgan fingerprint density at radius 1 is 1.19 bits per heavy atom. The third-order valence-electron chi connectivity index (χ3n) is 3.67. The van der Waals surface area contributed by atoms with E-state index in [1.54, 1.807) is 0 Å². The van der Waals surface area contributed by atoms with Crippen LogP contribution in [0.1, 0.15) is 24.5 Å². The second-order valence-corrected chi connectivity index (χ2v) is 5.34. The molecule has 0 bridgehead atoms. The summed E-state index contributed by atoms with van der Waals surface area (Å²) in [5.74, 6) is 1.14. The molecule has 1 aliphatic carbocycles. The van der Waals surface area contributed by atoms with Gasteiger partial charge >= 0.3 is 6.03 Å². The Bertz CT molecular complexity index is 799. The van der Waals surface area contributed by atoms with E-state index in [0.717, 1.165) is 22.3 Å². The molecule has 2 aromatic heterocycles. The summed E-state index contributed by atoms with van der Waals surface area (Å²) in [5.41, 5.74) is 2.82. The number of nitrogens with zero attached hydrogens (tertiary/aromatic N) is 1. The molecule has 1 aromatic carbocycles. The number of hydrogen-bond acceptors (Lipinski definition) is 2. The number of rotatable bonds is 3. The highest BCUT2D eigenvalue weighted by Crippen LogP contribution is 2.39. The number of carbonyl (C=O) groups is 1. The van der Waals surface area contributed by atoms with E-state index in [1.807, 2.05) is 36.5 Å². The first-order valence-corrected chi connectivity index (χ1v) is 6.98. The third kappa shape index (κ3) is 2.47. The van der Waals surface area contributed by atoms with Crippen LogP contribution in [0.25, 0.3) is 10.9 Å². The monoisotopic (exact) mass is 281 g/mol. The van der Waals surface area contributed by atoms with Crippen LogP contribution < -0.4 is 10.6 Å². The number of aromatic nitrogens is 3. The van der Waals surface area contributed by atoms with E-state index in [4.69, 9.17) is 0 Å². The Balaban J connectivity index is 1.44. The summed E-state index contributed by atoms with van der Waals surface area (Å²) in [5, 5.41) is 13.7. The molecule has 1 aliphatic rings. The number of urea groups is 1. The topological polar surface area (TPSA) is 85.6 Å². The molecule has 0 atom stereocenters. The van der Waals surface area contributed by atoms with Crippen molar-refractivity contribution in [1.29, 1.82) is 0 Å². The number of carbonyl (C=O) groups excluding carboxylic acids is 1. The van der Waals surface area contributed by atoms with Crippen LogP contribution in [0.3, 0.4) is 0 Å². The van der Waals surface area contributed by atoms with E-state index >= 15 is 0 Å². The summed E-state index contributed by atoms with van der Waals surface area (Å²) in [4.78, 5) is 15.1. The minimum Gasteiger partial charge on any atom is -0.361 e. The van der Waals surface area contributed by atoms with Crippen molar-refractivity contribution in [2.75, 3.05) is 10.6 Å². The average molecular weight is 281 g/mol. The molecule has 3 aromatic rings. The number of amides is 2. The lowest BCUT2D eigenvalue weighted by molar-refractivity contribution is 0.262. The Kier molecular flexibility index (Phi) is 2.67. The molecule has 106 valence electrons. The molecule has 6 nitrogen and oxygen atoms in total. The highest BCUT2D eigenvalue weighted by atomic mass is 16.2. The maximum Gasteiger partial charge on any atom is 0.324 e. The van der Waals surface area contributed by atoms with Gasteiger partial charge in [-0.15, -0.1) is 0 Å². The zero-order chi connectivity index (χ0) is 14.2. The quantitative estimate of drug-likeness (QED) is 0.593. The fourth-order valence-electron chi connectivity index (χ4n) is 2.41. The van der Waals surface area contributed by atoms with Crippen LogP contribution >= 0.6 is 0 Å². The van der Waals surface area contributed by atoms with Crippen molar-refractivity contribution in [3.05, 3.63) is 42.2 Å². The number of hydrogen-bond donors (Lipinski definition) is 4. The van der Waals surface area contributed by atoms with Gasteiger partial charge in [0.25, 0.3) is 0 Å². The number of nitrogens with one attached hydrogen (secondary N) is 4. The fraction of sp³-hybridized carbons (Fsp3) is 0.200.